The van der Waals surface area contributed by atoms with Gasteiger partial charge in [-0.15, -0.1) is 0 Å². The van der Waals surface area contributed by atoms with Crippen LogP contribution in [0.3, 0.4) is 0 Å². The van der Waals surface area contributed by atoms with Crippen molar-refractivity contribution < 1.29 is 4.79 Å². The van der Waals surface area contributed by atoms with Crippen LogP contribution in [-0.2, 0) is 11.2 Å². The standard InChI is InChI=1S/C17H26N2O/c1-5-13-8-10-14(11-9-13)16-18-12(4)17(20)19(16)15(6-2)7-3/h8-12,15-16,18H,5-7H2,1-4H3. The highest BCUT2D eigenvalue weighted by Crippen LogP contribution is 2.29. The lowest BCUT2D eigenvalue weighted by Crippen LogP contribution is -2.39. The van der Waals surface area contributed by atoms with Gasteiger partial charge in [0.15, 0.2) is 0 Å². The Morgan fingerprint density at radius 3 is 2.25 bits per heavy atom. The van der Waals surface area contributed by atoms with Gasteiger partial charge in [-0.1, -0.05) is 45.0 Å². The first-order valence-electron chi connectivity index (χ1n) is 7.79. The topological polar surface area (TPSA) is 32.3 Å². The van der Waals surface area contributed by atoms with Crippen LogP contribution >= 0.6 is 0 Å². The number of hydrogen-bond acceptors (Lipinski definition) is 2. The second-order valence-corrected chi connectivity index (χ2v) is 5.60. The summed E-state index contributed by atoms with van der Waals surface area (Å²) in [6, 6.07) is 8.85. The van der Waals surface area contributed by atoms with E-state index in [-0.39, 0.29) is 18.1 Å². The molecule has 0 radical (unpaired) electrons. The molecule has 2 rings (SSSR count). The van der Waals surface area contributed by atoms with Crippen LogP contribution in [0, 0.1) is 0 Å². The number of carbonyl (C=O) groups excluding carboxylic acids is 1. The lowest BCUT2D eigenvalue weighted by Gasteiger charge is -2.32. The summed E-state index contributed by atoms with van der Waals surface area (Å²) >= 11 is 0. The van der Waals surface area contributed by atoms with Crippen LogP contribution in [0.4, 0.5) is 0 Å². The second-order valence-electron chi connectivity index (χ2n) is 5.60. The number of rotatable bonds is 5. The van der Waals surface area contributed by atoms with Crippen LogP contribution in [0.25, 0.3) is 0 Å². The molecule has 110 valence electrons. The molecule has 0 aromatic heterocycles. The zero-order valence-electron chi connectivity index (χ0n) is 13.0. The third kappa shape index (κ3) is 2.73. The molecule has 3 heteroatoms. The number of aryl methyl sites for hydroxylation is 1. The maximum atomic E-state index is 12.4. The first-order chi connectivity index (χ1) is 9.62. The number of hydrogen-bond donors (Lipinski definition) is 1. The molecule has 1 saturated heterocycles. The van der Waals surface area contributed by atoms with Gasteiger partial charge in [0.1, 0.15) is 6.17 Å². The minimum absolute atomic E-state index is 0.0216. The van der Waals surface area contributed by atoms with Gasteiger partial charge < -0.3 is 4.90 Å². The van der Waals surface area contributed by atoms with Crippen molar-refractivity contribution in [3.05, 3.63) is 35.4 Å². The summed E-state index contributed by atoms with van der Waals surface area (Å²) < 4.78 is 0. The minimum Gasteiger partial charge on any atom is -0.319 e. The molecule has 1 N–H and O–H groups in total. The average molecular weight is 274 g/mol. The maximum absolute atomic E-state index is 12.4. The molecular weight excluding hydrogens is 248 g/mol. The van der Waals surface area contributed by atoms with Gasteiger partial charge in [-0.25, -0.2) is 0 Å². The van der Waals surface area contributed by atoms with E-state index in [9.17, 15) is 4.79 Å². The highest BCUT2D eigenvalue weighted by molar-refractivity contribution is 5.84. The van der Waals surface area contributed by atoms with Crippen molar-refractivity contribution >= 4 is 5.91 Å². The number of benzene rings is 1. The van der Waals surface area contributed by atoms with Gasteiger partial charge in [0.2, 0.25) is 5.91 Å². The molecule has 20 heavy (non-hydrogen) atoms. The monoisotopic (exact) mass is 274 g/mol. The fourth-order valence-electron chi connectivity index (χ4n) is 3.00. The van der Waals surface area contributed by atoms with Gasteiger partial charge in [0, 0.05) is 6.04 Å². The highest BCUT2D eigenvalue weighted by Gasteiger charge is 2.39. The van der Waals surface area contributed by atoms with E-state index in [1.165, 1.54) is 11.1 Å². The summed E-state index contributed by atoms with van der Waals surface area (Å²) in [5, 5.41) is 3.43. The van der Waals surface area contributed by atoms with Crippen molar-refractivity contribution in [2.45, 2.75) is 65.2 Å². The van der Waals surface area contributed by atoms with E-state index >= 15 is 0 Å². The Bertz CT molecular complexity index is 451. The lowest BCUT2D eigenvalue weighted by atomic mass is 10.0. The van der Waals surface area contributed by atoms with Crippen LogP contribution in [-0.4, -0.2) is 22.9 Å². The molecule has 0 spiro atoms. The average Bonchev–Trinajstić information content (AvgIpc) is 2.77. The largest absolute Gasteiger partial charge is 0.319 e. The van der Waals surface area contributed by atoms with Gasteiger partial charge in [-0.2, -0.15) is 0 Å². The van der Waals surface area contributed by atoms with Crippen molar-refractivity contribution in [1.29, 1.82) is 0 Å². The number of nitrogens with one attached hydrogen (secondary N) is 1. The SMILES string of the molecule is CCc1ccc(C2NC(C)C(=O)N2C(CC)CC)cc1. The molecule has 1 fully saturated rings. The summed E-state index contributed by atoms with van der Waals surface area (Å²) in [7, 11) is 0. The Morgan fingerprint density at radius 2 is 1.75 bits per heavy atom. The molecule has 2 atom stereocenters. The van der Waals surface area contributed by atoms with Gasteiger partial charge in [0.25, 0.3) is 0 Å². The third-order valence-electron chi connectivity index (χ3n) is 4.35. The van der Waals surface area contributed by atoms with Crippen LogP contribution in [0.5, 0.6) is 0 Å². The molecule has 1 aromatic rings. The normalized spacial score (nSPS) is 22.9. The molecule has 1 amide bonds. The number of nitrogens with zero attached hydrogens (tertiary/aromatic N) is 1. The van der Waals surface area contributed by atoms with Gasteiger partial charge >= 0.3 is 0 Å². The van der Waals surface area contributed by atoms with Gasteiger partial charge in [-0.3, -0.25) is 10.1 Å². The van der Waals surface area contributed by atoms with Crippen molar-refractivity contribution in [3.8, 4) is 0 Å². The number of carbonyl (C=O) groups is 1. The van der Waals surface area contributed by atoms with Crippen molar-refractivity contribution in [2.24, 2.45) is 0 Å². The Morgan fingerprint density at radius 1 is 1.15 bits per heavy atom. The fraction of sp³-hybridized carbons (Fsp3) is 0.588. The van der Waals surface area contributed by atoms with Crippen molar-refractivity contribution in [2.75, 3.05) is 0 Å². The smallest absolute Gasteiger partial charge is 0.241 e. The summed E-state index contributed by atoms with van der Waals surface area (Å²) in [6.45, 7) is 8.42. The van der Waals surface area contributed by atoms with E-state index in [1.807, 2.05) is 11.8 Å². The summed E-state index contributed by atoms with van der Waals surface area (Å²) in [4.78, 5) is 14.5. The first kappa shape index (κ1) is 15.0. The van der Waals surface area contributed by atoms with Crippen LogP contribution < -0.4 is 5.32 Å². The van der Waals surface area contributed by atoms with Crippen LogP contribution in [0.2, 0.25) is 0 Å². The fourth-order valence-corrected chi connectivity index (χ4v) is 3.00. The first-order valence-corrected chi connectivity index (χ1v) is 7.79. The summed E-state index contributed by atoms with van der Waals surface area (Å²) in [6.07, 6.45) is 3.07. The molecule has 3 nitrogen and oxygen atoms in total. The zero-order chi connectivity index (χ0) is 14.7. The van der Waals surface area contributed by atoms with E-state index < -0.39 is 0 Å². The molecule has 1 aromatic carbocycles. The minimum atomic E-state index is -0.0912. The summed E-state index contributed by atoms with van der Waals surface area (Å²) in [5.74, 6) is 0.225. The molecule has 1 aliphatic heterocycles. The lowest BCUT2D eigenvalue weighted by molar-refractivity contribution is -0.132. The Labute approximate surface area is 122 Å². The Balaban J connectivity index is 2.29. The quantitative estimate of drug-likeness (QED) is 0.894. The van der Waals surface area contributed by atoms with Gasteiger partial charge in [0.05, 0.1) is 6.04 Å². The Kier molecular flexibility index (Phi) is 4.81. The molecular formula is C17H26N2O. The predicted molar refractivity (Wildman–Crippen MR) is 82.4 cm³/mol. The number of amides is 1. The van der Waals surface area contributed by atoms with E-state index in [1.54, 1.807) is 0 Å². The van der Waals surface area contributed by atoms with Crippen LogP contribution in [0.15, 0.2) is 24.3 Å². The van der Waals surface area contributed by atoms with Gasteiger partial charge in [-0.05, 0) is 37.3 Å². The molecule has 1 heterocycles. The third-order valence-corrected chi connectivity index (χ3v) is 4.35. The maximum Gasteiger partial charge on any atom is 0.241 e. The van der Waals surface area contributed by atoms with E-state index in [0.29, 0.717) is 6.04 Å². The van der Waals surface area contributed by atoms with E-state index in [0.717, 1.165) is 19.3 Å². The highest BCUT2D eigenvalue weighted by atomic mass is 16.2. The molecule has 2 unspecified atom stereocenters. The van der Waals surface area contributed by atoms with E-state index in [4.69, 9.17) is 0 Å². The van der Waals surface area contributed by atoms with E-state index in [2.05, 4.69) is 50.4 Å². The van der Waals surface area contributed by atoms with Crippen LogP contribution in [0.1, 0.15) is 57.8 Å². The zero-order valence-corrected chi connectivity index (χ0v) is 13.0. The second kappa shape index (κ2) is 6.40. The molecule has 1 aliphatic rings. The Hall–Kier alpha value is -1.35. The molecule has 0 saturated carbocycles. The summed E-state index contributed by atoms with van der Waals surface area (Å²) in [5.41, 5.74) is 2.52. The van der Waals surface area contributed by atoms with Crippen molar-refractivity contribution in [1.82, 2.24) is 10.2 Å². The predicted octanol–water partition coefficient (Wildman–Crippen LogP) is 3.26. The van der Waals surface area contributed by atoms with Crippen molar-refractivity contribution in [3.63, 3.8) is 0 Å². The molecule has 0 aliphatic carbocycles. The molecule has 0 bridgehead atoms.